The molecule has 0 heterocycles. The molecule has 4 rings (SSSR count). The van der Waals surface area contributed by atoms with E-state index in [2.05, 4.69) is 86.4 Å². The zero-order chi connectivity index (χ0) is 23.6. The van der Waals surface area contributed by atoms with Gasteiger partial charge in [-0.05, 0) is 116 Å². The molecule has 0 radical (unpaired) electrons. The van der Waals surface area contributed by atoms with Crippen molar-refractivity contribution in [2.75, 3.05) is 0 Å². The van der Waals surface area contributed by atoms with Crippen LogP contribution in [0.15, 0.2) is 60.7 Å². The van der Waals surface area contributed by atoms with Crippen LogP contribution in [0.25, 0.3) is 0 Å². The highest BCUT2D eigenvalue weighted by atomic mass is 14.3. The molecule has 34 heavy (non-hydrogen) atoms. The summed E-state index contributed by atoms with van der Waals surface area (Å²) in [5.41, 5.74) is 5.68. The van der Waals surface area contributed by atoms with Gasteiger partial charge in [0.25, 0.3) is 0 Å². The average Bonchev–Trinajstić information content (AvgIpc) is 2.89. The standard InChI is InChI=1S/C34H44/c1-3-7-27-11-19-31(20-12-27)33-23-15-29(16-24-33)9-5-6-10-30-17-25-34(26-18-30)32-21-13-28(8-4-2)14-22-32/h5,9,11-12,17-20,25-26,28-29,32-33H,3-4,7-8,13-16,21-24H2,1-2H3. The lowest BCUT2D eigenvalue weighted by Crippen LogP contribution is -2.13. The van der Waals surface area contributed by atoms with Gasteiger partial charge in [0.1, 0.15) is 0 Å². The number of hydrogen-bond donors (Lipinski definition) is 0. The molecule has 0 aromatic heterocycles. The van der Waals surface area contributed by atoms with Gasteiger partial charge in [0.05, 0.1) is 0 Å². The molecule has 0 amide bonds. The number of benzene rings is 2. The Hall–Kier alpha value is -2.26. The van der Waals surface area contributed by atoms with E-state index < -0.39 is 0 Å². The zero-order valence-corrected chi connectivity index (χ0v) is 21.6. The first kappa shape index (κ1) is 24.9. The highest BCUT2D eigenvalue weighted by Crippen LogP contribution is 2.38. The van der Waals surface area contributed by atoms with Gasteiger partial charge in [-0.15, -0.1) is 0 Å². The molecule has 0 spiro atoms. The number of allylic oxidation sites excluding steroid dienone is 2. The molecule has 0 bridgehead atoms. The number of hydrogen-bond acceptors (Lipinski definition) is 0. The monoisotopic (exact) mass is 452 g/mol. The predicted octanol–water partition coefficient (Wildman–Crippen LogP) is 9.59. The van der Waals surface area contributed by atoms with Crippen molar-refractivity contribution in [1.29, 1.82) is 0 Å². The van der Waals surface area contributed by atoms with Gasteiger partial charge in [-0.1, -0.05) is 87.4 Å². The summed E-state index contributed by atoms with van der Waals surface area (Å²) < 4.78 is 0. The van der Waals surface area contributed by atoms with E-state index in [1.807, 2.05) is 0 Å². The van der Waals surface area contributed by atoms with Gasteiger partial charge in [-0.2, -0.15) is 0 Å². The van der Waals surface area contributed by atoms with Crippen LogP contribution < -0.4 is 0 Å². The van der Waals surface area contributed by atoms with Gasteiger partial charge < -0.3 is 0 Å². The Labute approximate surface area is 209 Å². The van der Waals surface area contributed by atoms with Gasteiger partial charge in [0.2, 0.25) is 0 Å². The van der Waals surface area contributed by atoms with Crippen molar-refractivity contribution in [3.8, 4) is 11.8 Å². The third-order valence-corrected chi connectivity index (χ3v) is 8.36. The largest absolute Gasteiger partial charge is 0.0730 e. The highest BCUT2D eigenvalue weighted by Gasteiger charge is 2.22. The van der Waals surface area contributed by atoms with E-state index in [0.717, 1.165) is 23.3 Å². The third-order valence-electron chi connectivity index (χ3n) is 8.36. The van der Waals surface area contributed by atoms with E-state index in [1.54, 1.807) is 5.56 Å². The predicted molar refractivity (Wildman–Crippen MR) is 147 cm³/mol. The van der Waals surface area contributed by atoms with Crippen molar-refractivity contribution in [1.82, 2.24) is 0 Å². The van der Waals surface area contributed by atoms with E-state index >= 15 is 0 Å². The van der Waals surface area contributed by atoms with Gasteiger partial charge in [0, 0.05) is 5.56 Å². The Kier molecular flexibility index (Phi) is 9.50. The van der Waals surface area contributed by atoms with E-state index in [0.29, 0.717) is 5.92 Å². The molecule has 180 valence electrons. The minimum absolute atomic E-state index is 0.690. The maximum atomic E-state index is 3.35. The molecule has 2 aliphatic rings. The Morgan fingerprint density at radius 2 is 1.29 bits per heavy atom. The molecule has 0 aliphatic heterocycles. The van der Waals surface area contributed by atoms with Gasteiger partial charge in [-0.25, -0.2) is 0 Å². The van der Waals surface area contributed by atoms with E-state index in [4.69, 9.17) is 0 Å². The second-order valence-electron chi connectivity index (χ2n) is 10.9. The Morgan fingerprint density at radius 3 is 1.88 bits per heavy atom. The molecule has 2 aromatic carbocycles. The maximum absolute atomic E-state index is 3.35. The number of rotatable bonds is 7. The summed E-state index contributed by atoms with van der Waals surface area (Å²) in [6.45, 7) is 4.57. The average molecular weight is 453 g/mol. The maximum Gasteiger partial charge on any atom is 0.0249 e. The van der Waals surface area contributed by atoms with Crippen LogP contribution in [0.4, 0.5) is 0 Å². The normalized spacial score (nSPS) is 25.1. The Morgan fingerprint density at radius 1 is 0.706 bits per heavy atom. The first-order valence-electron chi connectivity index (χ1n) is 14.1. The summed E-state index contributed by atoms with van der Waals surface area (Å²) in [6, 6.07) is 18.5. The summed E-state index contributed by atoms with van der Waals surface area (Å²) in [6.07, 6.45) is 20.4. The molecule has 2 fully saturated rings. The van der Waals surface area contributed by atoms with Crippen LogP contribution in [-0.4, -0.2) is 0 Å². The van der Waals surface area contributed by atoms with Crippen molar-refractivity contribution in [2.45, 2.75) is 103 Å². The van der Waals surface area contributed by atoms with Crippen molar-refractivity contribution >= 4 is 0 Å². The fraction of sp³-hybridized carbons (Fsp3) is 0.529. The summed E-state index contributed by atoms with van der Waals surface area (Å²) >= 11 is 0. The molecule has 2 aromatic rings. The zero-order valence-electron chi connectivity index (χ0n) is 21.6. The lowest BCUT2D eigenvalue weighted by atomic mass is 9.77. The lowest BCUT2D eigenvalue weighted by Gasteiger charge is -2.28. The van der Waals surface area contributed by atoms with Crippen molar-refractivity contribution in [2.24, 2.45) is 11.8 Å². The van der Waals surface area contributed by atoms with Crippen molar-refractivity contribution in [3.05, 3.63) is 82.9 Å². The van der Waals surface area contributed by atoms with Gasteiger partial charge in [0.15, 0.2) is 0 Å². The summed E-state index contributed by atoms with van der Waals surface area (Å²) in [7, 11) is 0. The molecule has 2 saturated carbocycles. The summed E-state index contributed by atoms with van der Waals surface area (Å²) in [5.74, 6) is 9.82. The number of aryl methyl sites for hydroxylation is 1. The molecular formula is C34H44. The SMILES string of the molecule is CCCc1ccc(C2CCC(C=CC#Cc3ccc(C4CCC(CCC)CC4)cc3)CC2)cc1. The second-order valence-corrected chi connectivity index (χ2v) is 10.9. The first-order chi connectivity index (χ1) is 16.7. The first-order valence-corrected chi connectivity index (χ1v) is 14.1. The topological polar surface area (TPSA) is 0 Å². The summed E-state index contributed by atoms with van der Waals surface area (Å²) in [4.78, 5) is 0. The van der Waals surface area contributed by atoms with E-state index in [9.17, 15) is 0 Å². The molecule has 2 aliphatic carbocycles. The van der Waals surface area contributed by atoms with Crippen molar-refractivity contribution in [3.63, 3.8) is 0 Å². The minimum atomic E-state index is 0.690. The quantitative estimate of drug-likeness (QED) is 0.367. The molecule has 0 unspecified atom stereocenters. The lowest BCUT2D eigenvalue weighted by molar-refractivity contribution is 0.308. The second kappa shape index (κ2) is 13.0. The minimum Gasteiger partial charge on any atom is -0.0730 e. The fourth-order valence-electron chi connectivity index (χ4n) is 6.23. The smallest absolute Gasteiger partial charge is 0.0249 e. The van der Waals surface area contributed by atoms with E-state index in [-0.39, 0.29) is 0 Å². The molecule has 0 atom stereocenters. The van der Waals surface area contributed by atoms with Gasteiger partial charge >= 0.3 is 0 Å². The molecule has 0 nitrogen and oxygen atoms in total. The van der Waals surface area contributed by atoms with Crippen LogP contribution in [0.1, 0.15) is 119 Å². The van der Waals surface area contributed by atoms with Crippen LogP contribution in [0.3, 0.4) is 0 Å². The molecule has 0 N–H and O–H groups in total. The van der Waals surface area contributed by atoms with Gasteiger partial charge in [-0.3, -0.25) is 0 Å². The Bertz CT molecular complexity index is 934. The molecular weight excluding hydrogens is 408 g/mol. The van der Waals surface area contributed by atoms with Crippen molar-refractivity contribution < 1.29 is 0 Å². The fourth-order valence-corrected chi connectivity index (χ4v) is 6.23. The van der Waals surface area contributed by atoms with Crippen LogP contribution in [0, 0.1) is 23.7 Å². The molecule has 0 heteroatoms. The van der Waals surface area contributed by atoms with Crippen LogP contribution in [0.5, 0.6) is 0 Å². The third kappa shape index (κ3) is 7.12. The van der Waals surface area contributed by atoms with Crippen LogP contribution >= 0.6 is 0 Å². The van der Waals surface area contributed by atoms with Crippen LogP contribution in [-0.2, 0) is 6.42 Å². The van der Waals surface area contributed by atoms with Crippen LogP contribution in [0.2, 0.25) is 0 Å². The highest BCUT2D eigenvalue weighted by molar-refractivity contribution is 5.39. The Balaban J connectivity index is 1.21. The van der Waals surface area contributed by atoms with E-state index in [1.165, 1.54) is 88.2 Å². The molecule has 0 saturated heterocycles. The summed E-state index contributed by atoms with van der Waals surface area (Å²) in [5, 5.41) is 0.